The second-order valence-corrected chi connectivity index (χ2v) is 4.56. The smallest absolute Gasteiger partial charge is 0.329 e. The Morgan fingerprint density at radius 3 is 2.50 bits per heavy atom. The van der Waals surface area contributed by atoms with E-state index in [4.69, 9.17) is 0 Å². The monoisotopic (exact) mass is 283 g/mol. The molecule has 0 bridgehead atoms. The highest BCUT2D eigenvalue weighted by molar-refractivity contribution is 5.86. The van der Waals surface area contributed by atoms with Gasteiger partial charge in [0.2, 0.25) is 0 Å². The number of rotatable bonds is 7. The molecule has 0 atom stereocenters. The molecule has 3 N–H and O–H groups in total. The molecular formula is C12H21N5O3. The third-order valence-electron chi connectivity index (χ3n) is 3.25. The molecule has 0 aliphatic rings. The first-order valence-corrected chi connectivity index (χ1v) is 6.57. The SMILES string of the molecule is CCC(CC)(NC(=O)NCCc1ncn(C)n1)C(=O)O. The topological polar surface area (TPSA) is 109 Å². The summed E-state index contributed by atoms with van der Waals surface area (Å²) in [5, 5.41) is 18.4. The molecule has 0 aliphatic carbocycles. The summed E-state index contributed by atoms with van der Waals surface area (Å²) in [6.45, 7) is 3.81. The predicted molar refractivity (Wildman–Crippen MR) is 72.2 cm³/mol. The van der Waals surface area contributed by atoms with Crippen molar-refractivity contribution in [1.82, 2.24) is 25.4 Å². The Balaban J connectivity index is 2.44. The second kappa shape index (κ2) is 6.88. The maximum Gasteiger partial charge on any atom is 0.329 e. The average molecular weight is 283 g/mol. The van der Waals surface area contributed by atoms with Crippen molar-refractivity contribution in [3.05, 3.63) is 12.2 Å². The number of carbonyl (C=O) groups excluding carboxylic acids is 1. The third kappa shape index (κ3) is 3.94. The molecular weight excluding hydrogens is 262 g/mol. The van der Waals surface area contributed by atoms with Gasteiger partial charge in [-0.15, -0.1) is 0 Å². The van der Waals surface area contributed by atoms with Crippen molar-refractivity contribution in [2.45, 2.75) is 38.6 Å². The van der Waals surface area contributed by atoms with Crippen LogP contribution in [0.2, 0.25) is 0 Å². The van der Waals surface area contributed by atoms with Crippen LogP contribution in [0.3, 0.4) is 0 Å². The van der Waals surface area contributed by atoms with Crippen LogP contribution < -0.4 is 10.6 Å². The van der Waals surface area contributed by atoms with Gasteiger partial charge in [0.05, 0.1) is 0 Å². The fourth-order valence-electron chi connectivity index (χ4n) is 1.83. The Bertz CT molecular complexity index is 467. The predicted octanol–water partition coefficient (Wildman–Crippen LogP) is 0.300. The maximum absolute atomic E-state index is 11.7. The largest absolute Gasteiger partial charge is 0.480 e. The van der Waals surface area contributed by atoms with Gasteiger partial charge >= 0.3 is 12.0 Å². The minimum Gasteiger partial charge on any atom is -0.480 e. The Morgan fingerprint density at radius 2 is 2.05 bits per heavy atom. The minimum absolute atomic E-state index is 0.327. The van der Waals surface area contributed by atoms with Crippen LogP contribution in [-0.2, 0) is 18.3 Å². The molecule has 1 aromatic rings. The van der Waals surface area contributed by atoms with Gasteiger partial charge < -0.3 is 15.7 Å². The summed E-state index contributed by atoms with van der Waals surface area (Å²) in [7, 11) is 1.76. The van der Waals surface area contributed by atoms with E-state index >= 15 is 0 Å². The number of carbonyl (C=O) groups is 2. The summed E-state index contributed by atoms with van der Waals surface area (Å²) >= 11 is 0. The van der Waals surface area contributed by atoms with Crippen LogP contribution in [0, 0.1) is 0 Å². The maximum atomic E-state index is 11.7. The molecule has 0 saturated carbocycles. The fourth-order valence-corrected chi connectivity index (χ4v) is 1.83. The quantitative estimate of drug-likeness (QED) is 0.667. The number of aromatic nitrogens is 3. The van der Waals surface area contributed by atoms with Gasteiger partial charge in [0.1, 0.15) is 11.9 Å². The molecule has 0 aliphatic heterocycles. The van der Waals surface area contributed by atoms with Crippen LogP contribution in [0.5, 0.6) is 0 Å². The first kappa shape index (κ1) is 15.9. The van der Waals surface area contributed by atoms with E-state index in [2.05, 4.69) is 20.7 Å². The van der Waals surface area contributed by atoms with Crippen molar-refractivity contribution >= 4 is 12.0 Å². The number of carboxylic acids is 1. The number of amides is 2. The molecule has 0 spiro atoms. The lowest BCUT2D eigenvalue weighted by Gasteiger charge is -2.27. The lowest BCUT2D eigenvalue weighted by atomic mass is 9.93. The Labute approximate surface area is 117 Å². The van der Waals surface area contributed by atoms with Crippen LogP contribution in [0.4, 0.5) is 4.79 Å². The van der Waals surface area contributed by atoms with E-state index in [1.54, 1.807) is 31.9 Å². The van der Waals surface area contributed by atoms with Crippen LogP contribution >= 0.6 is 0 Å². The zero-order valence-electron chi connectivity index (χ0n) is 12.0. The van der Waals surface area contributed by atoms with Crippen molar-refractivity contribution in [3.63, 3.8) is 0 Å². The number of hydrogen-bond acceptors (Lipinski definition) is 4. The van der Waals surface area contributed by atoms with E-state index < -0.39 is 17.5 Å². The molecule has 0 unspecified atom stereocenters. The minimum atomic E-state index is -1.21. The van der Waals surface area contributed by atoms with Gasteiger partial charge in [0.15, 0.2) is 5.82 Å². The van der Waals surface area contributed by atoms with Gasteiger partial charge in [-0.3, -0.25) is 4.68 Å². The van der Waals surface area contributed by atoms with E-state index in [0.717, 1.165) is 0 Å². The molecule has 1 rings (SSSR count). The summed E-state index contributed by atoms with van der Waals surface area (Å²) in [4.78, 5) is 27.0. The van der Waals surface area contributed by atoms with Crippen molar-refractivity contribution in [3.8, 4) is 0 Å². The average Bonchev–Trinajstić information content (AvgIpc) is 2.81. The van der Waals surface area contributed by atoms with Crippen molar-refractivity contribution in [2.24, 2.45) is 7.05 Å². The van der Waals surface area contributed by atoms with Crippen LogP contribution in [0.1, 0.15) is 32.5 Å². The fraction of sp³-hybridized carbons (Fsp3) is 0.667. The van der Waals surface area contributed by atoms with Crippen LogP contribution in [0.25, 0.3) is 0 Å². The van der Waals surface area contributed by atoms with Crippen LogP contribution in [-0.4, -0.2) is 44.0 Å². The summed E-state index contributed by atoms with van der Waals surface area (Å²) in [6.07, 6.45) is 2.73. The molecule has 0 saturated heterocycles. The molecule has 0 fully saturated rings. The first-order valence-electron chi connectivity index (χ1n) is 6.57. The number of aliphatic carboxylic acids is 1. The van der Waals surface area contributed by atoms with E-state index in [9.17, 15) is 14.7 Å². The summed E-state index contributed by atoms with van der Waals surface area (Å²) < 4.78 is 1.58. The molecule has 8 heteroatoms. The lowest BCUT2D eigenvalue weighted by molar-refractivity contribution is -0.144. The summed E-state index contributed by atoms with van der Waals surface area (Å²) in [5.74, 6) is -0.396. The van der Waals surface area contributed by atoms with Gasteiger partial charge in [-0.1, -0.05) is 13.8 Å². The molecule has 0 radical (unpaired) electrons. The second-order valence-electron chi connectivity index (χ2n) is 4.56. The van der Waals surface area contributed by atoms with Gasteiger partial charge in [0, 0.05) is 20.0 Å². The normalized spacial score (nSPS) is 11.2. The van der Waals surface area contributed by atoms with Gasteiger partial charge in [-0.05, 0) is 12.8 Å². The van der Waals surface area contributed by atoms with Crippen molar-refractivity contribution in [1.29, 1.82) is 0 Å². The molecule has 1 aromatic heterocycles. The Kier molecular flexibility index (Phi) is 5.48. The molecule has 8 nitrogen and oxygen atoms in total. The zero-order valence-corrected chi connectivity index (χ0v) is 12.0. The molecule has 2 amide bonds. The van der Waals surface area contributed by atoms with E-state index in [1.165, 1.54) is 0 Å². The van der Waals surface area contributed by atoms with E-state index in [-0.39, 0.29) is 0 Å². The highest BCUT2D eigenvalue weighted by Gasteiger charge is 2.36. The van der Waals surface area contributed by atoms with E-state index in [1.807, 2.05) is 0 Å². The molecule has 112 valence electrons. The highest BCUT2D eigenvalue weighted by atomic mass is 16.4. The number of aryl methyl sites for hydroxylation is 1. The van der Waals surface area contributed by atoms with Crippen LogP contribution in [0.15, 0.2) is 6.33 Å². The summed E-state index contributed by atoms with van der Waals surface area (Å²) in [6, 6.07) is -0.493. The third-order valence-corrected chi connectivity index (χ3v) is 3.25. The van der Waals surface area contributed by atoms with Gasteiger partial charge in [0.25, 0.3) is 0 Å². The van der Waals surface area contributed by atoms with Gasteiger partial charge in [-0.2, -0.15) is 5.10 Å². The Morgan fingerprint density at radius 1 is 1.40 bits per heavy atom. The lowest BCUT2D eigenvalue weighted by Crippen LogP contribution is -2.56. The summed E-state index contributed by atoms with van der Waals surface area (Å²) in [5.41, 5.74) is -1.21. The number of nitrogens with one attached hydrogen (secondary N) is 2. The van der Waals surface area contributed by atoms with E-state index in [0.29, 0.717) is 31.6 Å². The molecule has 20 heavy (non-hydrogen) atoms. The Hall–Kier alpha value is -2.12. The van der Waals surface area contributed by atoms with Crippen molar-refractivity contribution in [2.75, 3.05) is 6.54 Å². The highest BCUT2D eigenvalue weighted by Crippen LogP contribution is 2.15. The standard InChI is InChI=1S/C12H21N5O3/c1-4-12(5-2,10(18)19)15-11(20)13-7-6-9-14-8-17(3)16-9/h8H,4-7H2,1-3H3,(H,18,19)(H2,13,15,20). The number of carboxylic acid groups (broad SMARTS) is 1. The molecule has 1 heterocycles. The number of nitrogens with zero attached hydrogens (tertiary/aromatic N) is 3. The molecule has 0 aromatic carbocycles. The van der Waals surface area contributed by atoms with Gasteiger partial charge in [-0.25, -0.2) is 14.6 Å². The zero-order chi connectivity index (χ0) is 15.2. The number of hydrogen-bond donors (Lipinski definition) is 3. The van der Waals surface area contributed by atoms with Crippen molar-refractivity contribution < 1.29 is 14.7 Å². The first-order chi connectivity index (χ1) is 9.43. The number of urea groups is 1.